The Bertz CT molecular complexity index is 878. The number of nitrogens with two attached hydrogens (primary N) is 1. The number of nitrogens with zero attached hydrogens (tertiary/aromatic N) is 4. The number of amidine groups is 1. The van der Waals surface area contributed by atoms with Crippen molar-refractivity contribution in [3.63, 3.8) is 0 Å². The molecule has 0 aliphatic carbocycles. The van der Waals surface area contributed by atoms with Crippen molar-refractivity contribution in [1.29, 1.82) is 0 Å². The third-order valence-corrected chi connectivity index (χ3v) is 5.83. The summed E-state index contributed by atoms with van der Waals surface area (Å²) in [4.78, 5) is 4.32. The van der Waals surface area contributed by atoms with Gasteiger partial charge in [0.05, 0.1) is 18.8 Å². The number of aliphatic hydroxyl groups is 2. The van der Waals surface area contributed by atoms with Crippen molar-refractivity contribution in [3.05, 3.63) is 36.2 Å². The third-order valence-electron chi connectivity index (χ3n) is 4.72. The molecule has 11 heteroatoms. The zero-order chi connectivity index (χ0) is 20.4. The Labute approximate surface area is 172 Å². The van der Waals surface area contributed by atoms with Gasteiger partial charge in [-0.05, 0) is 19.1 Å². The summed E-state index contributed by atoms with van der Waals surface area (Å²) >= 11 is 1.42. The highest BCUT2D eigenvalue weighted by Gasteiger charge is 2.49. The molecule has 0 radical (unpaired) electrons. The molecule has 0 saturated carbocycles. The van der Waals surface area contributed by atoms with Gasteiger partial charge in [-0.15, -0.1) is 5.10 Å². The van der Waals surface area contributed by atoms with Gasteiger partial charge >= 0.3 is 0 Å². The maximum atomic E-state index is 10.5. The Balaban J connectivity index is 1.36. The first-order valence-corrected chi connectivity index (χ1v) is 10.3. The van der Waals surface area contributed by atoms with Crippen LogP contribution in [-0.4, -0.2) is 66.7 Å². The summed E-state index contributed by atoms with van der Waals surface area (Å²) in [6.45, 7) is 3.07. The topological polar surface area (TPSA) is 140 Å². The molecule has 5 atom stereocenters. The fourth-order valence-corrected chi connectivity index (χ4v) is 4.49. The Morgan fingerprint density at radius 2 is 2.24 bits per heavy atom. The highest BCUT2D eigenvalue weighted by atomic mass is 32.2. The number of anilines is 1. The van der Waals surface area contributed by atoms with Crippen LogP contribution >= 0.6 is 11.8 Å². The van der Waals surface area contributed by atoms with Crippen LogP contribution in [0.5, 0.6) is 5.75 Å². The first kappa shape index (κ1) is 20.0. The zero-order valence-electron chi connectivity index (χ0n) is 15.9. The lowest BCUT2D eigenvalue weighted by atomic mass is 9.98. The van der Waals surface area contributed by atoms with E-state index in [1.807, 2.05) is 19.1 Å². The summed E-state index contributed by atoms with van der Waals surface area (Å²) in [6.07, 6.45) is -0.914. The van der Waals surface area contributed by atoms with Crippen LogP contribution in [0.25, 0.3) is 0 Å². The summed E-state index contributed by atoms with van der Waals surface area (Å²) in [5, 5.41) is 33.0. The van der Waals surface area contributed by atoms with Crippen LogP contribution in [0.1, 0.15) is 12.6 Å². The van der Waals surface area contributed by atoms with E-state index in [1.165, 1.54) is 11.8 Å². The molecule has 5 N–H and O–H groups in total. The second-order valence-electron chi connectivity index (χ2n) is 6.88. The number of hydrogen-bond donors (Lipinski definition) is 4. The van der Waals surface area contributed by atoms with E-state index in [1.54, 1.807) is 23.0 Å². The van der Waals surface area contributed by atoms with Crippen molar-refractivity contribution in [2.75, 3.05) is 12.3 Å². The van der Waals surface area contributed by atoms with Gasteiger partial charge in [-0.3, -0.25) is 4.99 Å². The first-order chi connectivity index (χ1) is 14.0. The molecule has 3 heterocycles. The second-order valence-corrected chi connectivity index (χ2v) is 7.97. The Hall–Kier alpha value is -2.34. The predicted octanol–water partition coefficient (Wildman–Crippen LogP) is -0.0331. The number of aliphatic hydroxyl groups excluding tert-OH is 2. The van der Waals surface area contributed by atoms with Crippen LogP contribution in [0, 0.1) is 0 Å². The molecular weight excluding hydrogens is 396 g/mol. The molecular formula is C18H24N6O4S. The van der Waals surface area contributed by atoms with E-state index in [-0.39, 0.29) is 18.6 Å². The molecule has 0 bridgehead atoms. The number of thioether (sulfide) groups is 1. The van der Waals surface area contributed by atoms with Crippen molar-refractivity contribution in [3.8, 4) is 5.75 Å². The minimum absolute atomic E-state index is 0.238. The van der Waals surface area contributed by atoms with Crippen LogP contribution in [0.3, 0.4) is 0 Å². The second kappa shape index (κ2) is 8.57. The van der Waals surface area contributed by atoms with Gasteiger partial charge in [0.15, 0.2) is 5.17 Å². The van der Waals surface area contributed by atoms with Crippen LogP contribution in [0.15, 0.2) is 35.5 Å². The van der Waals surface area contributed by atoms with Gasteiger partial charge in [0, 0.05) is 18.3 Å². The molecule has 29 heavy (non-hydrogen) atoms. The summed E-state index contributed by atoms with van der Waals surface area (Å²) in [7, 11) is 0. The minimum Gasteiger partial charge on any atom is -0.487 e. The predicted molar refractivity (Wildman–Crippen MR) is 108 cm³/mol. The van der Waals surface area contributed by atoms with Crippen LogP contribution in [-0.2, 0) is 17.9 Å². The summed E-state index contributed by atoms with van der Waals surface area (Å²) in [6, 6.07) is 6.75. The van der Waals surface area contributed by atoms with Gasteiger partial charge < -0.3 is 30.7 Å². The molecule has 2 aromatic rings. The monoisotopic (exact) mass is 420 g/mol. The quantitative estimate of drug-likeness (QED) is 0.474. The van der Waals surface area contributed by atoms with Gasteiger partial charge in [0.25, 0.3) is 0 Å². The SMILES string of the molecule is CCN=C1NC2C(OC(Cn3cc(COc4cccc(N)c4)nn3)C(O)C2O)S1. The van der Waals surface area contributed by atoms with Crippen molar-refractivity contribution in [1.82, 2.24) is 20.3 Å². The molecule has 2 fully saturated rings. The number of ether oxygens (including phenoxy) is 2. The Kier molecular flexibility index (Phi) is 5.90. The number of benzene rings is 1. The van der Waals surface area contributed by atoms with Crippen molar-refractivity contribution in [2.24, 2.45) is 4.99 Å². The molecule has 10 nitrogen and oxygen atoms in total. The van der Waals surface area contributed by atoms with E-state index in [0.29, 0.717) is 23.7 Å². The van der Waals surface area contributed by atoms with E-state index in [2.05, 4.69) is 20.6 Å². The maximum absolute atomic E-state index is 10.5. The van der Waals surface area contributed by atoms with Crippen molar-refractivity contribution < 1.29 is 19.7 Å². The number of rotatable bonds is 6. The fourth-order valence-electron chi connectivity index (χ4n) is 3.29. The van der Waals surface area contributed by atoms with Crippen LogP contribution < -0.4 is 15.8 Å². The lowest BCUT2D eigenvalue weighted by molar-refractivity contribution is -0.160. The van der Waals surface area contributed by atoms with Gasteiger partial charge in [-0.25, -0.2) is 4.68 Å². The summed E-state index contributed by atoms with van der Waals surface area (Å²) < 4.78 is 13.2. The Morgan fingerprint density at radius 1 is 1.38 bits per heavy atom. The largest absolute Gasteiger partial charge is 0.487 e. The van der Waals surface area contributed by atoms with Gasteiger partial charge in [0.2, 0.25) is 0 Å². The number of aliphatic imine (C=N–C) groups is 1. The molecule has 4 rings (SSSR count). The first-order valence-electron chi connectivity index (χ1n) is 9.40. The van der Waals surface area contributed by atoms with E-state index in [4.69, 9.17) is 15.2 Å². The smallest absolute Gasteiger partial charge is 0.159 e. The lowest BCUT2D eigenvalue weighted by Crippen LogP contribution is -2.59. The maximum Gasteiger partial charge on any atom is 0.159 e. The molecule has 0 spiro atoms. The molecule has 156 valence electrons. The van der Waals surface area contributed by atoms with Crippen LogP contribution in [0.2, 0.25) is 0 Å². The van der Waals surface area contributed by atoms with Crippen molar-refractivity contribution >= 4 is 22.6 Å². The molecule has 2 aliphatic heterocycles. The molecule has 5 unspecified atom stereocenters. The number of aromatic nitrogens is 3. The molecule has 2 saturated heterocycles. The molecule has 1 aromatic carbocycles. The number of nitrogens with one attached hydrogen (secondary N) is 1. The van der Waals surface area contributed by atoms with E-state index < -0.39 is 24.4 Å². The molecule has 2 aliphatic rings. The van der Waals surface area contributed by atoms with Crippen molar-refractivity contribution in [2.45, 2.75) is 49.9 Å². The average Bonchev–Trinajstić information content (AvgIpc) is 3.31. The average molecular weight is 420 g/mol. The number of fused-ring (bicyclic) bond motifs is 1. The highest BCUT2D eigenvalue weighted by molar-refractivity contribution is 8.14. The number of nitrogen functional groups attached to an aromatic ring is 1. The van der Waals surface area contributed by atoms with E-state index in [9.17, 15) is 10.2 Å². The van der Waals surface area contributed by atoms with E-state index >= 15 is 0 Å². The van der Waals surface area contributed by atoms with Gasteiger partial charge in [0.1, 0.15) is 41.8 Å². The van der Waals surface area contributed by atoms with Gasteiger partial charge in [-0.1, -0.05) is 23.0 Å². The normalized spacial score (nSPS) is 30.2. The minimum atomic E-state index is -1.05. The highest BCUT2D eigenvalue weighted by Crippen LogP contribution is 2.34. The standard InChI is InChI=1S/C18H24N6O4S/c1-2-20-18-21-14-16(26)15(25)13(28-17(14)29-18)8-24-7-11(22-23-24)9-27-12-5-3-4-10(19)6-12/h3-7,13-17,25-26H,2,8-9,19H2,1H3,(H,20,21). The third kappa shape index (κ3) is 4.47. The number of hydrogen-bond acceptors (Lipinski definition) is 9. The lowest BCUT2D eigenvalue weighted by Gasteiger charge is -2.38. The summed E-state index contributed by atoms with van der Waals surface area (Å²) in [5.41, 5.74) is 6.67. The molecule has 0 amide bonds. The zero-order valence-corrected chi connectivity index (χ0v) is 16.7. The molecule has 1 aromatic heterocycles. The Morgan fingerprint density at radius 3 is 3.03 bits per heavy atom. The van der Waals surface area contributed by atoms with Crippen LogP contribution in [0.4, 0.5) is 5.69 Å². The van der Waals surface area contributed by atoms with E-state index in [0.717, 1.165) is 5.17 Å². The fraction of sp³-hybridized carbons (Fsp3) is 0.500. The van der Waals surface area contributed by atoms with Gasteiger partial charge in [-0.2, -0.15) is 0 Å². The summed E-state index contributed by atoms with van der Waals surface area (Å²) in [5.74, 6) is 0.648.